The number of rotatable bonds is 5. The molecule has 2 N–H and O–H groups in total. The molecule has 1 aromatic carbocycles. The summed E-state index contributed by atoms with van der Waals surface area (Å²) in [4.78, 5) is 12.8. The Bertz CT molecular complexity index is 489. The fraction of sp³-hybridized carbons (Fsp3) is 0.533. The van der Waals surface area contributed by atoms with Gasteiger partial charge < -0.3 is 15.3 Å². The number of halogens is 3. The molecule has 0 saturated heterocycles. The highest BCUT2D eigenvalue weighted by molar-refractivity contribution is 5.74. The van der Waals surface area contributed by atoms with E-state index in [1.54, 1.807) is 0 Å². The topological polar surface area (TPSA) is 52.6 Å². The number of alkyl halides is 3. The van der Waals surface area contributed by atoms with E-state index in [-0.39, 0.29) is 6.04 Å². The van der Waals surface area contributed by atoms with Crippen LogP contribution in [-0.2, 0) is 0 Å². The first-order valence-electron chi connectivity index (χ1n) is 6.98. The summed E-state index contributed by atoms with van der Waals surface area (Å²) in [6.45, 7) is 3.00. The lowest BCUT2D eigenvalue weighted by molar-refractivity contribution is -0.205. The van der Waals surface area contributed by atoms with Gasteiger partial charge in [0.2, 0.25) is 0 Å². The molecule has 0 fully saturated rings. The largest absolute Gasteiger partial charge is 0.416 e. The number of nitrogens with one attached hydrogen (secondary N) is 1. The van der Waals surface area contributed by atoms with E-state index in [0.29, 0.717) is 6.42 Å². The molecule has 4 nitrogen and oxygen atoms in total. The number of benzene rings is 1. The predicted molar refractivity (Wildman–Crippen MR) is 77.4 cm³/mol. The average Bonchev–Trinajstić information content (AvgIpc) is 2.44. The third-order valence-corrected chi connectivity index (χ3v) is 3.36. The van der Waals surface area contributed by atoms with Crippen LogP contribution in [0.3, 0.4) is 0 Å². The Hall–Kier alpha value is -1.76. The van der Waals surface area contributed by atoms with Gasteiger partial charge in [-0.15, -0.1) is 0 Å². The summed E-state index contributed by atoms with van der Waals surface area (Å²) in [5, 5.41) is 11.7. The molecule has 7 heteroatoms. The van der Waals surface area contributed by atoms with Crippen LogP contribution < -0.4 is 5.32 Å². The van der Waals surface area contributed by atoms with Gasteiger partial charge in [-0.3, -0.25) is 0 Å². The van der Waals surface area contributed by atoms with Gasteiger partial charge in [0, 0.05) is 7.05 Å². The van der Waals surface area contributed by atoms with Gasteiger partial charge in [0.1, 0.15) is 0 Å². The number of amides is 2. The third kappa shape index (κ3) is 5.22. The average molecular weight is 318 g/mol. The molecule has 124 valence electrons. The summed E-state index contributed by atoms with van der Waals surface area (Å²) in [5.41, 5.74) is 1.96. The first kappa shape index (κ1) is 18.3. The summed E-state index contributed by atoms with van der Waals surface area (Å²) in [6.07, 6.45) is -6.69. The maximum absolute atomic E-state index is 12.3. The number of hydrogen-bond donors (Lipinski definition) is 2. The Kier molecular flexibility index (Phi) is 6.22. The minimum Gasteiger partial charge on any atom is -0.382 e. The first-order valence-corrected chi connectivity index (χ1v) is 6.98. The number of nitrogens with zero attached hydrogens (tertiary/aromatic N) is 1. The minimum absolute atomic E-state index is 0.293. The van der Waals surface area contributed by atoms with Gasteiger partial charge in [0.25, 0.3) is 0 Å². The Morgan fingerprint density at radius 1 is 1.32 bits per heavy atom. The quantitative estimate of drug-likeness (QED) is 0.877. The van der Waals surface area contributed by atoms with E-state index in [1.807, 2.05) is 38.1 Å². The number of carbonyl (C=O) groups is 1. The van der Waals surface area contributed by atoms with Gasteiger partial charge in [-0.1, -0.05) is 36.8 Å². The molecule has 0 aromatic heterocycles. The monoisotopic (exact) mass is 318 g/mol. The number of aliphatic hydroxyl groups excluding tert-OH is 1. The summed E-state index contributed by atoms with van der Waals surface area (Å²) in [6, 6.07) is 6.60. The van der Waals surface area contributed by atoms with E-state index in [2.05, 4.69) is 5.32 Å². The zero-order valence-corrected chi connectivity index (χ0v) is 12.8. The van der Waals surface area contributed by atoms with Crippen LogP contribution in [-0.4, -0.2) is 41.9 Å². The maximum atomic E-state index is 12.3. The van der Waals surface area contributed by atoms with Crippen LogP contribution >= 0.6 is 0 Å². The second kappa shape index (κ2) is 7.49. The van der Waals surface area contributed by atoms with Crippen LogP contribution in [0.4, 0.5) is 18.0 Å². The smallest absolute Gasteiger partial charge is 0.382 e. The summed E-state index contributed by atoms with van der Waals surface area (Å²) < 4.78 is 36.9. The fourth-order valence-corrected chi connectivity index (χ4v) is 1.92. The molecule has 0 bridgehead atoms. The van der Waals surface area contributed by atoms with Crippen molar-refractivity contribution in [3.8, 4) is 0 Å². The third-order valence-electron chi connectivity index (χ3n) is 3.36. The Morgan fingerprint density at radius 3 is 2.32 bits per heavy atom. The number of aryl methyl sites for hydroxylation is 1. The van der Waals surface area contributed by atoms with Crippen LogP contribution in [0.25, 0.3) is 0 Å². The maximum Gasteiger partial charge on any atom is 0.416 e. The van der Waals surface area contributed by atoms with E-state index in [9.17, 15) is 18.0 Å². The highest BCUT2D eigenvalue weighted by atomic mass is 19.4. The molecule has 0 heterocycles. The standard InChI is InChI=1S/C15H21F3N2O2/c1-4-12(11-7-5-10(2)6-8-11)19-14(22)20(3)9-13(21)15(16,17)18/h5-8,12-13,21H,4,9H2,1-3H3,(H,19,22)/t12-,13-/m1/s1. The van der Waals surface area contributed by atoms with E-state index in [0.717, 1.165) is 16.0 Å². The summed E-state index contributed by atoms with van der Waals surface area (Å²) in [5.74, 6) is 0. The minimum atomic E-state index is -4.74. The molecule has 0 radical (unpaired) electrons. The Balaban J connectivity index is 2.66. The molecule has 2 atom stereocenters. The number of likely N-dealkylation sites (N-methyl/N-ethyl adjacent to an activating group) is 1. The molecule has 0 aliphatic heterocycles. The molecular weight excluding hydrogens is 297 g/mol. The molecule has 0 saturated carbocycles. The number of urea groups is 1. The van der Waals surface area contributed by atoms with Gasteiger partial charge in [0.05, 0.1) is 12.6 Å². The second-order valence-electron chi connectivity index (χ2n) is 5.26. The molecule has 0 unspecified atom stereocenters. The molecular formula is C15H21F3N2O2. The van der Waals surface area contributed by atoms with Crippen molar-refractivity contribution in [1.29, 1.82) is 0 Å². The van der Waals surface area contributed by atoms with Gasteiger partial charge in [0.15, 0.2) is 6.10 Å². The molecule has 0 aliphatic carbocycles. The highest BCUT2D eigenvalue weighted by Gasteiger charge is 2.39. The first-order chi connectivity index (χ1) is 10.1. The van der Waals surface area contributed by atoms with Crippen molar-refractivity contribution in [2.75, 3.05) is 13.6 Å². The number of hydrogen-bond acceptors (Lipinski definition) is 2. The lowest BCUT2D eigenvalue weighted by Gasteiger charge is -2.25. The van der Waals surface area contributed by atoms with Crippen LogP contribution in [0.15, 0.2) is 24.3 Å². The highest BCUT2D eigenvalue weighted by Crippen LogP contribution is 2.21. The second-order valence-corrected chi connectivity index (χ2v) is 5.26. The fourth-order valence-electron chi connectivity index (χ4n) is 1.92. The van der Waals surface area contributed by atoms with E-state index < -0.39 is 24.9 Å². The lowest BCUT2D eigenvalue weighted by Crippen LogP contribution is -2.46. The van der Waals surface area contributed by atoms with Crippen molar-refractivity contribution < 1.29 is 23.1 Å². The van der Waals surface area contributed by atoms with Gasteiger partial charge in [-0.05, 0) is 18.9 Å². The number of aliphatic hydroxyl groups is 1. The van der Waals surface area contributed by atoms with Crippen molar-refractivity contribution in [1.82, 2.24) is 10.2 Å². The van der Waals surface area contributed by atoms with Crippen molar-refractivity contribution in [3.05, 3.63) is 35.4 Å². The van der Waals surface area contributed by atoms with Crippen LogP contribution in [0, 0.1) is 6.92 Å². The molecule has 22 heavy (non-hydrogen) atoms. The molecule has 1 aromatic rings. The van der Waals surface area contributed by atoms with Gasteiger partial charge >= 0.3 is 12.2 Å². The van der Waals surface area contributed by atoms with E-state index >= 15 is 0 Å². The zero-order valence-electron chi connectivity index (χ0n) is 12.8. The van der Waals surface area contributed by atoms with E-state index in [4.69, 9.17) is 5.11 Å². The van der Waals surface area contributed by atoms with Crippen molar-refractivity contribution in [2.24, 2.45) is 0 Å². The Morgan fingerprint density at radius 2 is 1.86 bits per heavy atom. The zero-order chi connectivity index (χ0) is 16.9. The SMILES string of the molecule is CC[C@@H](NC(=O)N(C)C[C@@H](O)C(F)(F)F)c1ccc(C)cc1. The van der Waals surface area contributed by atoms with Gasteiger partial charge in [-0.2, -0.15) is 13.2 Å². The molecule has 2 amide bonds. The molecule has 0 spiro atoms. The summed E-state index contributed by atoms with van der Waals surface area (Å²) >= 11 is 0. The van der Waals surface area contributed by atoms with Crippen molar-refractivity contribution >= 4 is 6.03 Å². The molecule has 0 aliphatic rings. The predicted octanol–water partition coefficient (Wildman–Crippen LogP) is 3.01. The Labute approximate surface area is 127 Å². The van der Waals surface area contributed by atoms with Gasteiger partial charge in [-0.25, -0.2) is 4.79 Å². The number of carbonyl (C=O) groups excluding carboxylic acids is 1. The molecule has 1 rings (SSSR count). The van der Waals surface area contributed by atoms with Crippen molar-refractivity contribution in [2.45, 2.75) is 38.6 Å². The van der Waals surface area contributed by atoms with Crippen LogP contribution in [0.5, 0.6) is 0 Å². The van der Waals surface area contributed by atoms with Crippen LogP contribution in [0.1, 0.15) is 30.5 Å². The lowest BCUT2D eigenvalue weighted by atomic mass is 10.0. The van der Waals surface area contributed by atoms with Crippen LogP contribution in [0.2, 0.25) is 0 Å². The van der Waals surface area contributed by atoms with E-state index in [1.165, 1.54) is 7.05 Å². The summed E-state index contributed by atoms with van der Waals surface area (Å²) in [7, 11) is 1.21. The van der Waals surface area contributed by atoms with Crippen molar-refractivity contribution in [3.63, 3.8) is 0 Å². The normalized spacial score (nSPS) is 14.3.